The number of carbonyl (C=O) groups is 1. The second kappa shape index (κ2) is 5.95. The van der Waals surface area contributed by atoms with Crippen LogP contribution >= 0.6 is 0 Å². The average Bonchev–Trinajstić information content (AvgIpc) is 2.45. The molecule has 21 heavy (non-hydrogen) atoms. The fourth-order valence-electron chi connectivity index (χ4n) is 1.73. The molecule has 0 fully saturated rings. The summed E-state index contributed by atoms with van der Waals surface area (Å²) in [5.41, 5.74) is -0.440. The van der Waals surface area contributed by atoms with E-state index in [4.69, 9.17) is 0 Å². The zero-order valence-electron chi connectivity index (χ0n) is 10.7. The first-order valence-electron chi connectivity index (χ1n) is 6.07. The molecular weight excluding hydrogens is 286 g/mol. The van der Waals surface area contributed by atoms with E-state index in [1.54, 1.807) is 6.07 Å². The summed E-state index contributed by atoms with van der Waals surface area (Å²) in [6.45, 7) is -0.0352. The van der Waals surface area contributed by atoms with Crippen LogP contribution in [-0.2, 0) is 12.7 Å². The maximum atomic E-state index is 13.4. The molecule has 110 valence electrons. The minimum atomic E-state index is -4.44. The number of alkyl halides is 3. The van der Waals surface area contributed by atoms with Gasteiger partial charge in [-0.1, -0.05) is 18.2 Å². The molecular formula is C15H11F4NO. The highest BCUT2D eigenvalue weighted by atomic mass is 19.4. The Bertz CT molecular complexity index is 635. The van der Waals surface area contributed by atoms with E-state index in [-0.39, 0.29) is 12.1 Å². The fourth-order valence-corrected chi connectivity index (χ4v) is 1.73. The molecule has 0 aliphatic carbocycles. The molecule has 0 heterocycles. The second-order valence-electron chi connectivity index (χ2n) is 4.35. The lowest BCUT2D eigenvalue weighted by molar-refractivity contribution is -0.137. The lowest BCUT2D eigenvalue weighted by Gasteiger charge is -2.08. The number of nitrogens with one attached hydrogen (secondary N) is 1. The zero-order chi connectivity index (χ0) is 15.5. The van der Waals surface area contributed by atoms with Crippen molar-refractivity contribution in [3.63, 3.8) is 0 Å². The Morgan fingerprint density at radius 3 is 2.19 bits per heavy atom. The van der Waals surface area contributed by atoms with Crippen molar-refractivity contribution in [2.45, 2.75) is 12.7 Å². The van der Waals surface area contributed by atoms with Crippen molar-refractivity contribution >= 4 is 5.91 Å². The maximum absolute atomic E-state index is 13.4. The molecule has 0 unspecified atom stereocenters. The highest BCUT2D eigenvalue weighted by Crippen LogP contribution is 2.29. The molecule has 0 aliphatic rings. The van der Waals surface area contributed by atoms with E-state index in [0.717, 1.165) is 24.3 Å². The van der Waals surface area contributed by atoms with E-state index < -0.39 is 23.5 Å². The number of halogens is 4. The lowest BCUT2D eigenvalue weighted by Crippen LogP contribution is -2.23. The van der Waals surface area contributed by atoms with Gasteiger partial charge in [-0.3, -0.25) is 4.79 Å². The third kappa shape index (κ3) is 3.81. The van der Waals surface area contributed by atoms with E-state index in [9.17, 15) is 22.4 Å². The van der Waals surface area contributed by atoms with Gasteiger partial charge in [0.1, 0.15) is 5.82 Å². The molecule has 0 aromatic heterocycles. The summed E-state index contributed by atoms with van der Waals surface area (Å²) in [6.07, 6.45) is -4.44. The minimum absolute atomic E-state index is 0.0352. The third-order valence-corrected chi connectivity index (χ3v) is 2.87. The number of benzene rings is 2. The van der Waals surface area contributed by atoms with Gasteiger partial charge in [0.2, 0.25) is 0 Å². The fraction of sp³-hybridized carbons (Fsp3) is 0.133. The van der Waals surface area contributed by atoms with E-state index in [0.29, 0.717) is 5.56 Å². The zero-order valence-corrected chi connectivity index (χ0v) is 10.7. The van der Waals surface area contributed by atoms with Crippen LogP contribution in [0.2, 0.25) is 0 Å². The standard InChI is InChI=1S/C15H11F4NO/c16-13-4-2-1-3-11(13)9-20-14(21)10-5-7-12(8-6-10)15(17,18)19/h1-8H,9H2,(H,20,21). The van der Waals surface area contributed by atoms with E-state index in [1.807, 2.05) is 0 Å². The molecule has 1 amide bonds. The second-order valence-corrected chi connectivity index (χ2v) is 4.35. The number of hydrogen-bond acceptors (Lipinski definition) is 1. The summed E-state index contributed by atoms with van der Waals surface area (Å²) in [4.78, 5) is 11.8. The van der Waals surface area contributed by atoms with Crippen LogP contribution in [0.1, 0.15) is 21.5 Å². The van der Waals surface area contributed by atoms with Gasteiger partial charge in [-0.15, -0.1) is 0 Å². The van der Waals surface area contributed by atoms with Crippen LogP contribution in [0.3, 0.4) is 0 Å². The molecule has 6 heteroatoms. The predicted octanol–water partition coefficient (Wildman–Crippen LogP) is 3.77. The molecule has 0 saturated heterocycles. The lowest BCUT2D eigenvalue weighted by atomic mass is 10.1. The van der Waals surface area contributed by atoms with E-state index in [1.165, 1.54) is 18.2 Å². The van der Waals surface area contributed by atoms with Crippen LogP contribution in [0.5, 0.6) is 0 Å². The van der Waals surface area contributed by atoms with Crippen molar-refractivity contribution in [1.82, 2.24) is 5.32 Å². The molecule has 2 nitrogen and oxygen atoms in total. The van der Waals surface area contributed by atoms with Crippen molar-refractivity contribution in [2.75, 3.05) is 0 Å². The maximum Gasteiger partial charge on any atom is 0.416 e. The molecule has 2 rings (SSSR count). The Hall–Kier alpha value is -2.37. The summed E-state index contributed by atoms with van der Waals surface area (Å²) >= 11 is 0. The largest absolute Gasteiger partial charge is 0.416 e. The summed E-state index contributed by atoms with van der Waals surface area (Å²) < 4.78 is 50.5. The van der Waals surface area contributed by atoms with Crippen molar-refractivity contribution < 1.29 is 22.4 Å². The highest BCUT2D eigenvalue weighted by Gasteiger charge is 2.30. The van der Waals surface area contributed by atoms with Crippen molar-refractivity contribution in [1.29, 1.82) is 0 Å². The Morgan fingerprint density at radius 1 is 1.00 bits per heavy atom. The van der Waals surface area contributed by atoms with Gasteiger partial charge in [0, 0.05) is 17.7 Å². The first-order valence-corrected chi connectivity index (χ1v) is 6.07. The Kier molecular flexibility index (Phi) is 4.26. The average molecular weight is 297 g/mol. The van der Waals surface area contributed by atoms with Crippen molar-refractivity contribution in [3.8, 4) is 0 Å². The van der Waals surface area contributed by atoms with Gasteiger partial charge in [-0.25, -0.2) is 4.39 Å². The van der Waals surface area contributed by atoms with Gasteiger partial charge in [-0.2, -0.15) is 13.2 Å². The SMILES string of the molecule is O=C(NCc1ccccc1F)c1ccc(C(F)(F)F)cc1. The normalized spacial score (nSPS) is 11.2. The smallest absolute Gasteiger partial charge is 0.348 e. The van der Waals surface area contributed by atoms with E-state index >= 15 is 0 Å². The third-order valence-electron chi connectivity index (χ3n) is 2.87. The van der Waals surface area contributed by atoms with Crippen molar-refractivity contribution in [2.24, 2.45) is 0 Å². The first-order chi connectivity index (χ1) is 9.88. The number of amides is 1. The van der Waals surface area contributed by atoms with E-state index in [2.05, 4.69) is 5.32 Å². The molecule has 0 saturated carbocycles. The Balaban J connectivity index is 2.03. The number of rotatable bonds is 3. The molecule has 1 N–H and O–H groups in total. The van der Waals surface area contributed by atoms with Gasteiger partial charge in [0.15, 0.2) is 0 Å². The van der Waals surface area contributed by atoms with Crippen LogP contribution in [0.25, 0.3) is 0 Å². The monoisotopic (exact) mass is 297 g/mol. The first kappa shape index (κ1) is 15.0. The molecule has 0 radical (unpaired) electrons. The Labute approximate surface area is 118 Å². The molecule has 0 aliphatic heterocycles. The van der Waals surface area contributed by atoms with Crippen LogP contribution in [-0.4, -0.2) is 5.91 Å². The highest BCUT2D eigenvalue weighted by molar-refractivity contribution is 5.94. The van der Waals surface area contributed by atoms with Gasteiger partial charge in [-0.05, 0) is 30.3 Å². The number of carbonyl (C=O) groups excluding carboxylic acids is 1. The summed E-state index contributed by atoms with van der Waals surface area (Å²) in [6, 6.07) is 9.76. The molecule has 2 aromatic carbocycles. The van der Waals surface area contributed by atoms with Crippen LogP contribution < -0.4 is 5.32 Å². The molecule has 2 aromatic rings. The molecule has 0 spiro atoms. The van der Waals surface area contributed by atoms with Gasteiger partial charge >= 0.3 is 6.18 Å². The van der Waals surface area contributed by atoms with Crippen LogP contribution in [0.4, 0.5) is 17.6 Å². The topological polar surface area (TPSA) is 29.1 Å². The van der Waals surface area contributed by atoms with Gasteiger partial charge in [0.25, 0.3) is 5.91 Å². The minimum Gasteiger partial charge on any atom is -0.348 e. The van der Waals surface area contributed by atoms with Crippen molar-refractivity contribution in [3.05, 3.63) is 71.0 Å². The summed E-state index contributed by atoms with van der Waals surface area (Å²) in [7, 11) is 0. The molecule has 0 atom stereocenters. The van der Waals surface area contributed by atoms with Gasteiger partial charge in [0.05, 0.1) is 5.56 Å². The van der Waals surface area contributed by atoms with Crippen LogP contribution in [0, 0.1) is 5.82 Å². The summed E-state index contributed by atoms with van der Waals surface area (Å²) in [5, 5.41) is 2.45. The predicted molar refractivity (Wildman–Crippen MR) is 69.0 cm³/mol. The molecule has 0 bridgehead atoms. The Morgan fingerprint density at radius 2 is 1.62 bits per heavy atom. The quantitative estimate of drug-likeness (QED) is 0.858. The summed E-state index contributed by atoms with van der Waals surface area (Å²) in [5.74, 6) is -1.02. The van der Waals surface area contributed by atoms with Gasteiger partial charge < -0.3 is 5.32 Å². The number of hydrogen-bond donors (Lipinski definition) is 1. The van der Waals surface area contributed by atoms with Crippen LogP contribution in [0.15, 0.2) is 48.5 Å².